The molecule has 2 N–H and O–H groups in total. The molecule has 5 nitrogen and oxygen atoms in total. The maximum absolute atomic E-state index is 10.5. The van der Waals surface area contributed by atoms with Crippen molar-refractivity contribution in [2.24, 2.45) is 0 Å². The van der Waals surface area contributed by atoms with Crippen LogP contribution in [0.15, 0.2) is 4.52 Å². The average Bonchev–Trinajstić information content (AvgIpc) is 2.30. The van der Waals surface area contributed by atoms with Gasteiger partial charge in [0.15, 0.2) is 0 Å². The van der Waals surface area contributed by atoms with Gasteiger partial charge in [0.25, 0.3) is 0 Å². The number of aromatic nitrogens is 2. The van der Waals surface area contributed by atoms with Crippen LogP contribution in [0.4, 0.5) is 0 Å². The smallest absolute Gasteiger partial charge is 0.558 e. The van der Waals surface area contributed by atoms with Crippen LogP contribution in [-0.4, -0.2) is 21.2 Å². The van der Waals surface area contributed by atoms with Crippen LogP contribution in [-0.2, 0) is 5.41 Å². The summed E-state index contributed by atoms with van der Waals surface area (Å²) in [4.78, 5) is 14.2. The van der Waals surface area contributed by atoms with E-state index >= 15 is 0 Å². The zero-order valence-corrected chi connectivity index (χ0v) is 7.21. The lowest BCUT2D eigenvalue weighted by atomic mass is 9.97. The summed E-state index contributed by atoms with van der Waals surface area (Å²) in [6.07, 6.45) is 0. The van der Waals surface area contributed by atoms with Gasteiger partial charge in [0.2, 0.25) is 5.89 Å². The fraction of sp³-hybridized carbons (Fsp3) is 0.571. The molecule has 0 unspecified atom stereocenters. The summed E-state index contributed by atoms with van der Waals surface area (Å²) in [5.74, 6) is -0.729. The van der Waals surface area contributed by atoms with Gasteiger partial charge in [-0.25, -0.2) is 0 Å². The topological polar surface area (TPSA) is 78.9 Å². The van der Waals surface area contributed by atoms with Gasteiger partial charge in [-0.15, -0.1) is 0 Å². The Morgan fingerprint density at radius 3 is 2.33 bits per heavy atom. The highest BCUT2D eigenvalue weighted by molar-refractivity contribution is 5.82. The summed E-state index contributed by atoms with van der Waals surface area (Å²) in [6.45, 7) is 5.66. The second-order valence-corrected chi connectivity index (χ2v) is 3.50. The summed E-state index contributed by atoms with van der Waals surface area (Å²) in [7, 11) is 0. The van der Waals surface area contributed by atoms with Crippen molar-refractivity contribution in [2.75, 3.05) is 0 Å². The third-order valence-electron chi connectivity index (χ3n) is 1.27. The summed E-state index contributed by atoms with van der Waals surface area (Å²) >= 11 is 0. The van der Waals surface area contributed by atoms with E-state index in [0.717, 1.165) is 0 Å². The van der Waals surface area contributed by atoms with Gasteiger partial charge in [0.05, 0.1) is 4.79 Å². The summed E-state index contributed by atoms with van der Waals surface area (Å²) in [6, 6.07) is 0. The molecule has 0 spiro atoms. The van der Waals surface area contributed by atoms with E-state index < -0.39 is 5.97 Å². The Morgan fingerprint density at radius 1 is 1.50 bits per heavy atom. The van der Waals surface area contributed by atoms with Crippen molar-refractivity contribution in [2.45, 2.75) is 26.2 Å². The molecule has 66 valence electrons. The average molecular weight is 171 g/mol. The van der Waals surface area contributed by atoms with E-state index in [1.165, 1.54) is 0 Å². The minimum Gasteiger partial charge on any atom is -0.558 e. The van der Waals surface area contributed by atoms with Gasteiger partial charge >= 0.3 is 11.8 Å². The molecule has 0 saturated heterocycles. The molecule has 0 aromatic carbocycles. The minimum absolute atomic E-state index is 0.181. The SMILES string of the molecule is CC(C)(C)c1nc(C(=O)[OH2+])no1. The van der Waals surface area contributed by atoms with Gasteiger partial charge < -0.3 is 9.63 Å². The normalized spacial score (nSPS) is 11.6. The molecule has 1 aromatic rings. The number of rotatable bonds is 1. The van der Waals surface area contributed by atoms with E-state index in [0.29, 0.717) is 5.89 Å². The van der Waals surface area contributed by atoms with Crippen molar-refractivity contribution in [3.63, 3.8) is 0 Å². The van der Waals surface area contributed by atoms with Crippen LogP contribution in [0, 0.1) is 0 Å². The maximum Gasteiger partial charge on any atom is 0.590 e. The minimum atomic E-state index is -0.922. The molecule has 5 heteroatoms. The van der Waals surface area contributed by atoms with Gasteiger partial charge in [-0.2, -0.15) is 4.98 Å². The summed E-state index contributed by atoms with van der Waals surface area (Å²) in [5.41, 5.74) is -0.277. The van der Waals surface area contributed by atoms with E-state index in [9.17, 15) is 4.79 Å². The number of nitrogens with zero attached hydrogens (tertiary/aromatic N) is 2. The first-order valence-corrected chi connectivity index (χ1v) is 3.51. The van der Waals surface area contributed by atoms with Crippen molar-refractivity contribution >= 4 is 5.97 Å². The molecule has 1 heterocycles. The Labute approximate surface area is 69.4 Å². The van der Waals surface area contributed by atoms with Gasteiger partial charge in [0, 0.05) is 5.41 Å². The van der Waals surface area contributed by atoms with Crippen LogP contribution in [0.2, 0.25) is 0 Å². The zero-order chi connectivity index (χ0) is 9.35. The standard InChI is InChI=1S/C7H10N2O3/c1-7(2,3)6-8-4(5(10)11)9-12-6/h1-3H3,(H,10,11)/p+1. The highest BCUT2D eigenvalue weighted by Gasteiger charge is 2.26. The summed E-state index contributed by atoms with van der Waals surface area (Å²) in [5, 5.41) is 10.1. The molecule has 0 saturated carbocycles. The fourth-order valence-electron chi connectivity index (χ4n) is 0.620. The Hall–Kier alpha value is -1.39. The number of carbonyl (C=O) groups is 1. The van der Waals surface area contributed by atoms with Crippen LogP contribution < -0.4 is 0 Å². The van der Waals surface area contributed by atoms with Crippen LogP contribution in [0.1, 0.15) is 37.3 Å². The van der Waals surface area contributed by atoms with Crippen molar-refractivity contribution in [1.82, 2.24) is 10.1 Å². The Morgan fingerprint density at radius 2 is 2.08 bits per heavy atom. The maximum atomic E-state index is 10.5. The number of hydrogen-bond acceptors (Lipinski definition) is 4. The highest BCUT2D eigenvalue weighted by Crippen LogP contribution is 2.19. The monoisotopic (exact) mass is 171 g/mol. The molecule has 1 aromatic heterocycles. The molecule has 0 amide bonds. The molecule has 0 bridgehead atoms. The fourth-order valence-corrected chi connectivity index (χ4v) is 0.620. The first kappa shape index (κ1) is 8.70. The third-order valence-corrected chi connectivity index (χ3v) is 1.27. The molecular formula is C7H11N2O3+. The van der Waals surface area contributed by atoms with Gasteiger partial charge in [-0.05, 0) is 5.16 Å². The Kier molecular flexibility index (Phi) is 1.87. The number of hydrogen-bond donors (Lipinski definition) is 0. The van der Waals surface area contributed by atoms with Crippen molar-refractivity contribution < 1.29 is 14.4 Å². The molecule has 0 aliphatic carbocycles. The van der Waals surface area contributed by atoms with Crippen LogP contribution in [0.3, 0.4) is 0 Å². The van der Waals surface area contributed by atoms with E-state index in [4.69, 9.17) is 9.63 Å². The largest absolute Gasteiger partial charge is 0.590 e. The molecule has 0 aliphatic heterocycles. The van der Waals surface area contributed by atoms with E-state index in [1.807, 2.05) is 20.8 Å². The van der Waals surface area contributed by atoms with E-state index in [1.54, 1.807) is 0 Å². The molecule has 0 atom stereocenters. The molecule has 0 aliphatic rings. The second kappa shape index (κ2) is 2.58. The van der Waals surface area contributed by atoms with Crippen LogP contribution >= 0.6 is 0 Å². The third kappa shape index (κ3) is 1.61. The summed E-state index contributed by atoms with van der Waals surface area (Å²) < 4.78 is 4.79. The molecule has 1 rings (SSSR count). The highest BCUT2D eigenvalue weighted by atomic mass is 16.5. The first-order valence-electron chi connectivity index (χ1n) is 3.51. The van der Waals surface area contributed by atoms with Crippen LogP contribution in [0.25, 0.3) is 0 Å². The second-order valence-electron chi connectivity index (χ2n) is 3.50. The number of carbonyl (C=O) groups excluding carboxylic acids is 1. The Bertz CT molecular complexity index is 298. The first-order chi connectivity index (χ1) is 5.41. The van der Waals surface area contributed by atoms with Crippen molar-refractivity contribution in [3.05, 3.63) is 11.7 Å². The van der Waals surface area contributed by atoms with Gasteiger partial charge in [0.1, 0.15) is 0 Å². The molecule has 12 heavy (non-hydrogen) atoms. The van der Waals surface area contributed by atoms with E-state index in [-0.39, 0.29) is 11.2 Å². The molecule has 0 radical (unpaired) electrons. The molecule has 0 fully saturated rings. The van der Waals surface area contributed by atoms with Crippen molar-refractivity contribution in [3.8, 4) is 0 Å². The van der Waals surface area contributed by atoms with Crippen molar-refractivity contribution in [1.29, 1.82) is 0 Å². The predicted molar refractivity (Wildman–Crippen MR) is 40.9 cm³/mol. The van der Waals surface area contributed by atoms with Crippen LogP contribution in [0.5, 0.6) is 0 Å². The quantitative estimate of drug-likeness (QED) is 0.566. The zero-order valence-electron chi connectivity index (χ0n) is 7.21. The molecular weight excluding hydrogens is 160 g/mol. The lowest BCUT2D eigenvalue weighted by Gasteiger charge is -2.09. The predicted octanol–water partition coefficient (Wildman–Crippen LogP) is 0.232. The lowest BCUT2D eigenvalue weighted by molar-refractivity contribution is 0.0680. The van der Waals surface area contributed by atoms with E-state index in [2.05, 4.69) is 10.1 Å². The Balaban J connectivity index is 3.00. The lowest BCUT2D eigenvalue weighted by Crippen LogP contribution is -2.12. The van der Waals surface area contributed by atoms with Gasteiger partial charge in [-0.3, -0.25) is 0 Å². The van der Waals surface area contributed by atoms with Gasteiger partial charge in [-0.1, -0.05) is 20.8 Å².